The molecule has 0 N–H and O–H groups in total. The molecule has 0 radical (unpaired) electrons. The van der Waals surface area contributed by atoms with Crippen molar-refractivity contribution < 1.29 is 4.57 Å². The van der Waals surface area contributed by atoms with Gasteiger partial charge in [-0.25, -0.2) is 0 Å². The SMILES string of the molecule is O=P(Cl)(Sc1ccccc1)Sc1ccccc1. The summed E-state index contributed by atoms with van der Waals surface area (Å²) in [7, 11) is 0. The third-order valence-corrected chi connectivity index (χ3v) is 8.47. The average molecular weight is 301 g/mol. The van der Waals surface area contributed by atoms with Crippen LogP contribution in [0.4, 0.5) is 0 Å². The predicted octanol–water partition coefficient (Wildman–Crippen LogP) is 5.92. The van der Waals surface area contributed by atoms with E-state index in [0.717, 1.165) is 9.79 Å². The van der Waals surface area contributed by atoms with Gasteiger partial charge in [-0.05, 0) is 58.3 Å². The van der Waals surface area contributed by atoms with Crippen molar-refractivity contribution in [1.29, 1.82) is 0 Å². The zero-order chi connectivity index (χ0) is 12.1. The molecule has 17 heavy (non-hydrogen) atoms. The summed E-state index contributed by atoms with van der Waals surface area (Å²) in [6.07, 6.45) is 0. The quantitative estimate of drug-likeness (QED) is 0.653. The van der Waals surface area contributed by atoms with Crippen LogP contribution < -0.4 is 0 Å². The van der Waals surface area contributed by atoms with Gasteiger partial charge in [0.2, 0.25) is 0 Å². The third kappa shape index (κ3) is 4.44. The van der Waals surface area contributed by atoms with Crippen LogP contribution in [0, 0.1) is 0 Å². The summed E-state index contributed by atoms with van der Waals surface area (Å²) in [5.41, 5.74) is 0. The zero-order valence-corrected chi connectivity index (χ0v) is 12.1. The van der Waals surface area contributed by atoms with Crippen molar-refractivity contribution in [3.63, 3.8) is 0 Å². The van der Waals surface area contributed by atoms with Crippen LogP contribution in [0.5, 0.6) is 0 Å². The lowest BCUT2D eigenvalue weighted by Gasteiger charge is -2.08. The highest BCUT2D eigenvalue weighted by Crippen LogP contribution is 2.77. The Hall–Kier alpha value is -0.340. The molecule has 0 aromatic heterocycles. The molecule has 0 aliphatic rings. The Kier molecular flexibility index (Phi) is 4.63. The monoisotopic (exact) mass is 300 g/mol. The van der Waals surface area contributed by atoms with Crippen LogP contribution in [0.3, 0.4) is 0 Å². The van der Waals surface area contributed by atoms with Gasteiger partial charge in [0.05, 0.1) is 0 Å². The summed E-state index contributed by atoms with van der Waals surface area (Å²) >= 11 is 8.54. The van der Waals surface area contributed by atoms with Crippen LogP contribution >= 0.6 is 38.9 Å². The molecule has 0 bridgehead atoms. The van der Waals surface area contributed by atoms with Gasteiger partial charge in [0.25, 0.3) is 4.90 Å². The molecule has 2 rings (SSSR count). The first-order valence-electron chi connectivity index (χ1n) is 4.95. The molecule has 2 aromatic carbocycles. The highest BCUT2D eigenvalue weighted by Gasteiger charge is 2.22. The minimum atomic E-state index is -2.83. The molecule has 0 fully saturated rings. The maximum atomic E-state index is 12.2. The minimum absolute atomic E-state index is 0.925. The Morgan fingerprint density at radius 1 is 0.765 bits per heavy atom. The molecule has 88 valence electrons. The van der Waals surface area contributed by atoms with E-state index in [2.05, 4.69) is 0 Å². The molecular weight excluding hydrogens is 291 g/mol. The molecule has 0 aliphatic carbocycles. The molecule has 0 amide bonds. The van der Waals surface area contributed by atoms with Gasteiger partial charge in [0.15, 0.2) is 0 Å². The Morgan fingerprint density at radius 3 is 1.47 bits per heavy atom. The number of hydrogen-bond acceptors (Lipinski definition) is 3. The number of halogens is 1. The van der Waals surface area contributed by atoms with E-state index in [4.69, 9.17) is 11.2 Å². The fraction of sp³-hybridized carbons (Fsp3) is 0. The van der Waals surface area contributed by atoms with Gasteiger partial charge in [-0.1, -0.05) is 36.4 Å². The lowest BCUT2D eigenvalue weighted by molar-refractivity contribution is 0.601. The largest absolute Gasteiger partial charge is 0.284 e. The van der Waals surface area contributed by atoms with Gasteiger partial charge in [0, 0.05) is 9.79 Å². The van der Waals surface area contributed by atoms with Gasteiger partial charge < -0.3 is 0 Å². The summed E-state index contributed by atoms with van der Waals surface area (Å²) in [4.78, 5) is -0.980. The second-order valence-corrected chi connectivity index (χ2v) is 12.9. The Labute approximate surface area is 114 Å². The van der Waals surface area contributed by atoms with E-state index in [1.54, 1.807) is 0 Å². The molecule has 0 heterocycles. The number of hydrogen-bond donors (Lipinski definition) is 0. The van der Waals surface area contributed by atoms with E-state index in [1.807, 2.05) is 60.7 Å². The fourth-order valence-corrected chi connectivity index (χ4v) is 8.00. The van der Waals surface area contributed by atoms with E-state index in [9.17, 15) is 4.57 Å². The molecular formula is C12H10ClOPS2. The van der Waals surface area contributed by atoms with Crippen molar-refractivity contribution in [2.45, 2.75) is 9.79 Å². The van der Waals surface area contributed by atoms with Crippen LogP contribution in [-0.4, -0.2) is 0 Å². The van der Waals surface area contributed by atoms with E-state index >= 15 is 0 Å². The molecule has 0 saturated carbocycles. The van der Waals surface area contributed by atoms with Crippen LogP contribution in [0.15, 0.2) is 70.5 Å². The Morgan fingerprint density at radius 2 is 1.12 bits per heavy atom. The first kappa shape index (κ1) is 13.1. The summed E-state index contributed by atoms with van der Waals surface area (Å²) in [5.74, 6) is 0. The van der Waals surface area contributed by atoms with Crippen LogP contribution in [0.1, 0.15) is 0 Å². The highest BCUT2D eigenvalue weighted by molar-refractivity contribution is 8.96. The molecule has 2 aromatic rings. The number of rotatable bonds is 4. The summed E-state index contributed by atoms with van der Waals surface area (Å²) in [6.45, 7) is 0. The molecule has 0 unspecified atom stereocenters. The van der Waals surface area contributed by atoms with Crippen molar-refractivity contribution >= 4 is 38.9 Å². The van der Waals surface area contributed by atoms with Gasteiger partial charge >= 0.3 is 0 Å². The molecule has 0 spiro atoms. The maximum absolute atomic E-state index is 12.2. The normalized spacial score (nSPS) is 11.4. The molecule has 0 aliphatic heterocycles. The minimum Gasteiger partial charge on any atom is -0.282 e. The maximum Gasteiger partial charge on any atom is 0.284 e. The second kappa shape index (κ2) is 6.01. The summed E-state index contributed by atoms with van der Waals surface area (Å²) in [6, 6.07) is 19.1. The van der Waals surface area contributed by atoms with E-state index in [1.165, 1.54) is 22.8 Å². The molecule has 5 heteroatoms. The first-order chi connectivity index (χ1) is 8.16. The zero-order valence-electron chi connectivity index (χ0n) is 8.82. The van der Waals surface area contributed by atoms with Crippen molar-refractivity contribution in [2.24, 2.45) is 0 Å². The van der Waals surface area contributed by atoms with Gasteiger partial charge in [-0.3, -0.25) is 4.57 Å². The van der Waals surface area contributed by atoms with Gasteiger partial charge in [0.1, 0.15) is 0 Å². The third-order valence-electron chi connectivity index (χ3n) is 1.92. The predicted molar refractivity (Wildman–Crippen MR) is 78.1 cm³/mol. The van der Waals surface area contributed by atoms with Crippen molar-refractivity contribution in [1.82, 2.24) is 0 Å². The first-order valence-corrected chi connectivity index (χ1v) is 10.4. The fourth-order valence-electron chi connectivity index (χ4n) is 1.23. The van der Waals surface area contributed by atoms with Crippen molar-refractivity contribution in [3.05, 3.63) is 60.7 Å². The van der Waals surface area contributed by atoms with E-state index in [0.29, 0.717) is 0 Å². The summed E-state index contributed by atoms with van der Waals surface area (Å²) in [5, 5.41) is 0. The van der Waals surface area contributed by atoms with E-state index in [-0.39, 0.29) is 0 Å². The van der Waals surface area contributed by atoms with Crippen LogP contribution in [0.2, 0.25) is 0 Å². The van der Waals surface area contributed by atoms with Crippen LogP contribution in [0.25, 0.3) is 0 Å². The topological polar surface area (TPSA) is 17.1 Å². The summed E-state index contributed by atoms with van der Waals surface area (Å²) < 4.78 is 12.2. The number of benzene rings is 2. The smallest absolute Gasteiger partial charge is 0.282 e. The van der Waals surface area contributed by atoms with Gasteiger partial charge in [-0.2, -0.15) is 0 Å². The van der Waals surface area contributed by atoms with Crippen molar-refractivity contribution in [3.8, 4) is 0 Å². The molecule has 0 saturated heterocycles. The highest BCUT2D eigenvalue weighted by atomic mass is 35.7. The van der Waals surface area contributed by atoms with E-state index < -0.39 is 4.90 Å². The average Bonchev–Trinajstić information content (AvgIpc) is 2.30. The lowest BCUT2D eigenvalue weighted by Crippen LogP contribution is -1.69. The Balaban J connectivity index is 2.07. The lowest BCUT2D eigenvalue weighted by atomic mass is 10.4. The van der Waals surface area contributed by atoms with Gasteiger partial charge in [-0.15, -0.1) is 0 Å². The van der Waals surface area contributed by atoms with Crippen molar-refractivity contribution in [2.75, 3.05) is 0 Å². The molecule has 1 nitrogen and oxygen atoms in total. The standard InChI is InChI=1S/C12H10ClOPS2/c13-15(14,16-11-7-3-1-4-8-11)17-12-9-5-2-6-10-12/h1-10H. The van der Waals surface area contributed by atoms with Crippen LogP contribution in [-0.2, 0) is 4.57 Å². The Bertz CT molecular complexity index is 473. The second-order valence-electron chi connectivity index (χ2n) is 3.24. The molecule has 0 atom stereocenters.